The number of carboxylic acids is 1. The SMILES string of the molecule is Cc1cc(C(=O)O)cc(Nc2ccc3c(c2)CCC3)n1. The molecular formula is C16H16N2O2. The maximum Gasteiger partial charge on any atom is 0.335 e. The van der Waals surface area contributed by atoms with Gasteiger partial charge in [0.05, 0.1) is 5.56 Å². The largest absolute Gasteiger partial charge is 0.478 e. The summed E-state index contributed by atoms with van der Waals surface area (Å²) in [5, 5.41) is 12.3. The van der Waals surface area contributed by atoms with Crippen molar-refractivity contribution >= 4 is 17.5 Å². The van der Waals surface area contributed by atoms with E-state index in [0.29, 0.717) is 11.5 Å². The zero-order chi connectivity index (χ0) is 14.1. The van der Waals surface area contributed by atoms with Crippen LogP contribution in [0.5, 0.6) is 0 Å². The summed E-state index contributed by atoms with van der Waals surface area (Å²) in [6, 6.07) is 9.42. The van der Waals surface area contributed by atoms with Crippen LogP contribution in [-0.4, -0.2) is 16.1 Å². The van der Waals surface area contributed by atoms with Gasteiger partial charge in [-0.1, -0.05) is 6.07 Å². The van der Waals surface area contributed by atoms with Gasteiger partial charge in [-0.25, -0.2) is 9.78 Å². The summed E-state index contributed by atoms with van der Waals surface area (Å²) in [7, 11) is 0. The Balaban J connectivity index is 1.89. The van der Waals surface area contributed by atoms with E-state index in [0.717, 1.165) is 18.5 Å². The smallest absolute Gasteiger partial charge is 0.335 e. The highest BCUT2D eigenvalue weighted by Gasteiger charge is 2.11. The highest BCUT2D eigenvalue weighted by molar-refractivity contribution is 5.88. The van der Waals surface area contributed by atoms with E-state index in [1.54, 1.807) is 19.1 Å². The van der Waals surface area contributed by atoms with Crippen LogP contribution < -0.4 is 5.32 Å². The van der Waals surface area contributed by atoms with E-state index in [9.17, 15) is 4.79 Å². The molecule has 0 unspecified atom stereocenters. The predicted molar refractivity (Wildman–Crippen MR) is 77.7 cm³/mol. The van der Waals surface area contributed by atoms with E-state index < -0.39 is 5.97 Å². The van der Waals surface area contributed by atoms with Crippen LogP contribution in [0.1, 0.15) is 33.6 Å². The number of anilines is 2. The Morgan fingerprint density at radius 1 is 1.20 bits per heavy atom. The number of aryl methyl sites for hydroxylation is 3. The van der Waals surface area contributed by atoms with Crippen molar-refractivity contribution in [2.45, 2.75) is 26.2 Å². The molecule has 1 aliphatic carbocycles. The molecule has 4 nitrogen and oxygen atoms in total. The number of nitrogens with zero attached hydrogens (tertiary/aromatic N) is 1. The van der Waals surface area contributed by atoms with Crippen LogP contribution in [0.15, 0.2) is 30.3 Å². The summed E-state index contributed by atoms with van der Waals surface area (Å²) in [5.41, 5.74) is 4.69. The molecule has 2 aromatic rings. The lowest BCUT2D eigenvalue weighted by Gasteiger charge is -2.09. The number of benzene rings is 1. The number of aromatic carboxylic acids is 1. The minimum absolute atomic E-state index is 0.251. The normalized spacial score (nSPS) is 13.1. The van der Waals surface area contributed by atoms with Crippen LogP contribution in [0.2, 0.25) is 0 Å². The fourth-order valence-corrected chi connectivity index (χ4v) is 2.65. The average molecular weight is 268 g/mol. The summed E-state index contributed by atoms with van der Waals surface area (Å²) in [6.07, 6.45) is 3.48. The van der Waals surface area contributed by atoms with Gasteiger partial charge in [0.2, 0.25) is 0 Å². The Morgan fingerprint density at radius 3 is 2.80 bits per heavy atom. The monoisotopic (exact) mass is 268 g/mol. The molecule has 2 N–H and O–H groups in total. The predicted octanol–water partition coefficient (Wildman–Crippen LogP) is 3.32. The molecule has 1 aromatic carbocycles. The van der Waals surface area contributed by atoms with Gasteiger partial charge < -0.3 is 10.4 Å². The molecule has 0 fully saturated rings. The van der Waals surface area contributed by atoms with Crippen molar-refractivity contribution in [3.63, 3.8) is 0 Å². The first-order valence-corrected chi connectivity index (χ1v) is 6.72. The van der Waals surface area contributed by atoms with Gasteiger partial charge in [0.1, 0.15) is 5.82 Å². The molecular weight excluding hydrogens is 252 g/mol. The first-order valence-electron chi connectivity index (χ1n) is 6.72. The molecule has 20 heavy (non-hydrogen) atoms. The van der Waals surface area contributed by atoms with Crippen molar-refractivity contribution in [3.05, 3.63) is 52.7 Å². The summed E-state index contributed by atoms with van der Waals surface area (Å²) in [4.78, 5) is 15.4. The van der Waals surface area contributed by atoms with Crippen LogP contribution in [0.25, 0.3) is 0 Å². The maximum absolute atomic E-state index is 11.1. The third kappa shape index (κ3) is 2.50. The molecule has 0 bridgehead atoms. The zero-order valence-corrected chi connectivity index (χ0v) is 11.3. The lowest BCUT2D eigenvalue weighted by atomic mass is 10.1. The second-order valence-corrected chi connectivity index (χ2v) is 5.15. The summed E-state index contributed by atoms with van der Waals surface area (Å²) in [6.45, 7) is 1.79. The summed E-state index contributed by atoms with van der Waals surface area (Å²) >= 11 is 0. The van der Waals surface area contributed by atoms with Crippen LogP contribution in [0, 0.1) is 6.92 Å². The van der Waals surface area contributed by atoms with Gasteiger partial charge >= 0.3 is 5.97 Å². The van der Waals surface area contributed by atoms with E-state index >= 15 is 0 Å². The topological polar surface area (TPSA) is 62.2 Å². The van der Waals surface area contributed by atoms with Crippen LogP contribution in [0.3, 0.4) is 0 Å². The highest BCUT2D eigenvalue weighted by atomic mass is 16.4. The molecule has 1 heterocycles. The molecule has 0 aliphatic heterocycles. The highest BCUT2D eigenvalue weighted by Crippen LogP contribution is 2.26. The molecule has 1 aromatic heterocycles. The Morgan fingerprint density at radius 2 is 2.00 bits per heavy atom. The van der Waals surface area contributed by atoms with Gasteiger partial charge in [-0.2, -0.15) is 0 Å². The first-order chi connectivity index (χ1) is 9.61. The standard InChI is InChI=1S/C16H16N2O2/c1-10-7-13(16(19)20)9-15(17-10)18-14-6-5-11-3-2-4-12(11)8-14/h5-9H,2-4H2,1H3,(H,17,18)(H,19,20). The van der Waals surface area contributed by atoms with Gasteiger partial charge in [-0.3, -0.25) is 0 Å². The Bertz CT molecular complexity index is 680. The summed E-state index contributed by atoms with van der Waals surface area (Å²) in [5.74, 6) is -0.368. The Hall–Kier alpha value is -2.36. The lowest BCUT2D eigenvalue weighted by Crippen LogP contribution is -2.02. The fourth-order valence-electron chi connectivity index (χ4n) is 2.65. The Labute approximate surface area is 117 Å². The summed E-state index contributed by atoms with van der Waals surface area (Å²) < 4.78 is 0. The molecule has 4 heteroatoms. The molecule has 0 saturated heterocycles. The van der Waals surface area contributed by atoms with E-state index in [-0.39, 0.29) is 5.56 Å². The van der Waals surface area contributed by atoms with Gasteiger partial charge in [0.15, 0.2) is 0 Å². The van der Waals surface area contributed by atoms with E-state index in [2.05, 4.69) is 22.4 Å². The fraction of sp³-hybridized carbons (Fsp3) is 0.250. The van der Waals surface area contributed by atoms with Crippen molar-refractivity contribution in [2.24, 2.45) is 0 Å². The molecule has 0 atom stereocenters. The molecule has 0 amide bonds. The molecule has 102 valence electrons. The number of hydrogen-bond donors (Lipinski definition) is 2. The number of rotatable bonds is 3. The van der Waals surface area contributed by atoms with E-state index in [1.807, 2.05) is 6.07 Å². The van der Waals surface area contributed by atoms with Crippen LogP contribution in [-0.2, 0) is 12.8 Å². The number of carboxylic acid groups (broad SMARTS) is 1. The van der Waals surface area contributed by atoms with Crippen molar-refractivity contribution in [1.82, 2.24) is 4.98 Å². The minimum atomic E-state index is -0.937. The van der Waals surface area contributed by atoms with Crippen molar-refractivity contribution in [2.75, 3.05) is 5.32 Å². The van der Waals surface area contributed by atoms with Crippen molar-refractivity contribution in [3.8, 4) is 0 Å². The lowest BCUT2D eigenvalue weighted by molar-refractivity contribution is 0.0696. The second kappa shape index (κ2) is 4.96. The number of aromatic nitrogens is 1. The molecule has 0 spiro atoms. The average Bonchev–Trinajstić information content (AvgIpc) is 2.85. The number of hydrogen-bond acceptors (Lipinski definition) is 3. The zero-order valence-electron chi connectivity index (χ0n) is 11.3. The number of carbonyl (C=O) groups is 1. The molecule has 0 saturated carbocycles. The molecule has 1 aliphatic rings. The van der Waals surface area contributed by atoms with Crippen molar-refractivity contribution in [1.29, 1.82) is 0 Å². The molecule has 3 rings (SSSR count). The first kappa shape index (κ1) is 12.7. The van der Waals surface area contributed by atoms with Crippen LogP contribution >= 0.6 is 0 Å². The minimum Gasteiger partial charge on any atom is -0.478 e. The van der Waals surface area contributed by atoms with Gasteiger partial charge in [0, 0.05) is 11.4 Å². The molecule has 0 radical (unpaired) electrons. The third-order valence-corrected chi connectivity index (χ3v) is 3.57. The van der Waals surface area contributed by atoms with Crippen LogP contribution in [0.4, 0.5) is 11.5 Å². The van der Waals surface area contributed by atoms with Gasteiger partial charge in [0.25, 0.3) is 0 Å². The van der Waals surface area contributed by atoms with Gasteiger partial charge in [-0.05, 0) is 61.6 Å². The third-order valence-electron chi connectivity index (χ3n) is 3.57. The van der Waals surface area contributed by atoms with Crippen molar-refractivity contribution < 1.29 is 9.90 Å². The quantitative estimate of drug-likeness (QED) is 0.896. The number of nitrogens with one attached hydrogen (secondary N) is 1. The van der Waals surface area contributed by atoms with E-state index in [4.69, 9.17) is 5.11 Å². The number of fused-ring (bicyclic) bond motifs is 1. The second-order valence-electron chi connectivity index (χ2n) is 5.15. The Kier molecular flexibility index (Phi) is 3.14. The maximum atomic E-state index is 11.1. The van der Waals surface area contributed by atoms with Gasteiger partial charge in [-0.15, -0.1) is 0 Å². The van der Waals surface area contributed by atoms with E-state index in [1.165, 1.54) is 17.5 Å². The number of pyridine rings is 1.